The van der Waals surface area contributed by atoms with Crippen LogP contribution in [-0.4, -0.2) is 0 Å². The van der Waals surface area contributed by atoms with Gasteiger partial charge in [0.2, 0.25) is 0 Å². The van der Waals surface area contributed by atoms with Crippen LogP contribution in [0, 0.1) is 0 Å². The van der Waals surface area contributed by atoms with Crippen LogP contribution in [0.3, 0.4) is 0 Å². The van der Waals surface area contributed by atoms with Crippen molar-refractivity contribution >= 4 is 93.3 Å². The monoisotopic (exact) mass is 879 g/mol. The second-order valence-corrected chi connectivity index (χ2v) is 17.9. The van der Waals surface area contributed by atoms with Gasteiger partial charge in [0, 0.05) is 49.3 Å². The fourth-order valence-electron chi connectivity index (χ4n) is 10.9. The molecule has 0 radical (unpaired) electrons. The molecule has 69 heavy (non-hydrogen) atoms. The first-order valence-corrected chi connectivity index (χ1v) is 23.6. The lowest BCUT2D eigenvalue weighted by Gasteiger charge is -2.31. The van der Waals surface area contributed by atoms with Gasteiger partial charge in [-0.1, -0.05) is 206 Å². The van der Waals surface area contributed by atoms with Gasteiger partial charge in [0.25, 0.3) is 0 Å². The molecule has 0 saturated carbocycles. The molecular formula is C66H41NO2. The topological polar surface area (TPSA) is 29.5 Å². The zero-order valence-electron chi connectivity index (χ0n) is 37.4. The van der Waals surface area contributed by atoms with Crippen molar-refractivity contribution in [1.29, 1.82) is 0 Å². The summed E-state index contributed by atoms with van der Waals surface area (Å²) in [4.78, 5) is 2.46. The molecule has 0 saturated heterocycles. The number of hydrogen-bond acceptors (Lipinski definition) is 3. The number of fused-ring (bicyclic) bond motifs is 11. The molecule has 0 spiro atoms. The molecule has 14 rings (SSSR count). The third-order valence-corrected chi connectivity index (χ3v) is 14.1. The Bertz CT molecular complexity index is 4310. The van der Waals surface area contributed by atoms with Gasteiger partial charge in [0.15, 0.2) is 0 Å². The number of para-hydroxylation sites is 3. The number of hydrogen-bond donors (Lipinski definition) is 0. The van der Waals surface area contributed by atoms with Crippen molar-refractivity contribution in [3.05, 3.63) is 249 Å². The number of furan rings is 2. The van der Waals surface area contributed by atoms with Crippen molar-refractivity contribution in [2.75, 3.05) is 4.90 Å². The van der Waals surface area contributed by atoms with E-state index in [0.29, 0.717) is 0 Å². The van der Waals surface area contributed by atoms with E-state index < -0.39 is 0 Å². The molecule has 0 aliphatic carbocycles. The Hall–Kier alpha value is -9.18. The van der Waals surface area contributed by atoms with Crippen LogP contribution in [0.4, 0.5) is 17.1 Å². The molecule has 3 heteroatoms. The summed E-state index contributed by atoms with van der Waals surface area (Å²) >= 11 is 0. The normalized spacial score (nSPS) is 11.8. The van der Waals surface area contributed by atoms with Gasteiger partial charge >= 0.3 is 0 Å². The summed E-state index contributed by atoms with van der Waals surface area (Å²) < 4.78 is 13.3. The molecule has 0 aliphatic rings. The summed E-state index contributed by atoms with van der Waals surface area (Å²) in [7, 11) is 0. The number of rotatable bonds is 7. The first kappa shape index (κ1) is 39.0. The lowest BCUT2D eigenvalue weighted by molar-refractivity contribution is 0.670. The maximum atomic E-state index is 6.78. The highest BCUT2D eigenvalue weighted by atomic mass is 16.3. The predicted octanol–water partition coefficient (Wildman–Crippen LogP) is 19.1. The van der Waals surface area contributed by atoms with Gasteiger partial charge in [-0.05, 0) is 97.2 Å². The third-order valence-electron chi connectivity index (χ3n) is 14.1. The van der Waals surface area contributed by atoms with Gasteiger partial charge < -0.3 is 13.7 Å². The molecule has 2 heterocycles. The van der Waals surface area contributed by atoms with Crippen LogP contribution in [-0.2, 0) is 0 Å². The van der Waals surface area contributed by atoms with Crippen LogP contribution in [0.5, 0.6) is 0 Å². The lowest BCUT2D eigenvalue weighted by Crippen LogP contribution is -2.13. The Kier molecular flexibility index (Phi) is 8.90. The molecule has 2 aromatic heterocycles. The van der Waals surface area contributed by atoms with Crippen molar-refractivity contribution in [1.82, 2.24) is 0 Å². The molecule has 0 atom stereocenters. The van der Waals surface area contributed by atoms with E-state index in [1.165, 1.54) is 27.1 Å². The smallest absolute Gasteiger partial charge is 0.143 e. The fraction of sp³-hybridized carbons (Fsp3) is 0. The first-order valence-electron chi connectivity index (χ1n) is 23.6. The molecule has 0 N–H and O–H groups in total. The molecule has 0 bridgehead atoms. The van der Waals surface area contributed by atoms with Gasteiger partial charge in [0.05, 0.1) is 11.4 Å². The minimum absolute atomic E-state index is 0.861. The Morgan fingerprint density at radius 3 is 1.70 bits per heavy atom. The average molecular weight is 880 g/mol. The number of benzene rings is 12. The Morgan fingerprint density at radius 1 is 0.261 bits per heavy atom. The van der Waals surface area contributed by atoms with Gasteiger partial charge in [-0.15, -0.1) is 0 Å². The summed E-state index contributed by atoms with van der Waals surface area (Å²) in [5, 5.41) is 11.6. The summed E-state index contributed by atoms with van der Waals surface area (Å²) in [6.07, 6.45) is 0. The maximum absolute atomic E-state index is 6.78. The highest BCUT2D eigenvalue weighted by molar-refractivity contribution is 6.20. The minimum Gasteiger partial charge on any atom is -0.455 e. The van der Waals surface area contributed by atoms with E-state index in [-0.39, 0.29) is 0 Å². The summed E-state index contributed by atoms with van der Waals surface area (Å²) in [5.74, 6) is 0. The van der Waals surface area contributed by atoms with Gasteiger partial charge in [0.1, 0.15) is 22.3 Å². The molecule has 12 aromatic carbocycles. The quantitative estimate of drug-likeness (QED) is 0.149. The second kappa shape index (κ2) is 15.7. The van der Waals surface area contributed by atoms with Crippen molar-refractivity contribution < 1.29 is 8.83 Å². The van der Waals surface area contributed by atoms with E-state index in [1.807, 2.05) is 12.1 Å². The van der Waals surface area contributed by atoms with Crippen LogP contribution in [0.15, 0.2) is 258 Å². The van der Waals surface area contributed by atoms with Crippen molar-refractivity contribution in [3.8, 4) is 44.5 Å². The van der Waals surface area contributed by atoms with Crippen LogP contribution >= 0.6 is 0 Å². The van der Waals surface area contributed by atoms with Crippen molar-refractivity contribution in [2.24, 2.45) is 0 Å². The highest BCUT2D eigenvalue weighted by Gasteiger charge is 2.24. The molecule has 0 aliphatic heterocycles. The molecule has 0 fully saturated rings. The molecule has 14 aromatic rings. The van der Waals surface area contributed by atoms with Crippen molar-refractivity contribution in [2.45, 2.75) is 0 Å². The molecule has 0 unspecified atom stereocenters. The number of nitrogens with zero attached hydrogens (tertiary/aromatic N) is 1. The van der Waals surface area contributed by atoms with E-state index in [9.17, 15) is 0 Å². The second-order valence-electron chi connectivity index (χ2n) is 17.9. The summed E-state index contributed by atoms with van der Waals surface area (Å²) in [6, 6.07) is 89.6. The zero-order valence-corrected chi connectivity index (χ0v) is 37.4. The van der Waals surface area contributed by atoms with Crippen LogP contribution in [0.2, 0.25) is 0 Å². The largest absolute Gasteiger partial charge is 0.455 e. The van der Waals surface area contributed by atoms with Crippen LogP contribution < -0.4 is 4.90 Å². The Labute approximate surface area is 398 Å². The number of anilines is 3. The van der Waals surface area contributed by atoms with E-state index in [2.05, 4.69) is 241 Å². The van der Waals surface area contributed by atoms with Gasteiger partial charge in [-0.3, -0.25) is 0 Å². The minimum atomic E-state index is 0.861. The molecule has 3 nitrogen and oxygen atoms in total. The van der Waals surface area contributed by atoms with E-state index in [4.69, 9.17) is 8.83 Å². The average Bonchev–Trinajstić information content (AvgIpc) is 4.01. The third kappa shape index (κ3) is 6.29. The lowest BCUT2D eigenvalue weighted by atomic mass is 9.91. The fourth-order valence-corrected chi connectivity index (χ4v) is 10.9. The maximum Gasteiger partial charge on any atom is 0.143 e. The van der Waals surface area contributed by atoms with Gasteiger partial charge in [-0.25, -0.2) is 0 Å². The Morgan fingerprint density at radius 2 is 0.841 bits per heavy atom. The first-order chi connectivity index (χ1) is 34.2. The van der Waals surface area contributed by atoms with E-state index in [0.717, 1.165) is 111 Å². The van der Waals surface area contributed by atoms with Crippen molar-refractivity contribution in [3.63, 3.8) is 0 Å². The van der Waals surface area contributed by atoms with E-state index in [1.54, 1.807) is 0 Å². The van der Waals surface area contributed by atoms with Gasteiger partial charge in [-0.2, -0.15) is 0 Å². The standard InChI is InChI=1S/C66H41NO2/c1-2-15-42(16-3-1)50-38-35-46(49-23-12-25-53-48-19-6-4-17-43(48)33-39-54(49)53)41-61(50)67(47-36-31-45(32-37-47)52-24-13-27-58-56-22-9-11-29-62(56)68-65(52)58)60-28-10-8-21-55(60)57-26-14-30-63-64(57)59-40-34-44-18-5-7-20-51(44)66(59)69-63/h1-41H. The molecule has 0 amide bonds. The molecule has 322 valence electrons. The Balaban J connectivity index is 1.03. The molecular weight excluding hydrogens is 839 g/mol. The highest BCUT2D eigenvalue weighted by Crippen LogP contribution is 2.49. The summed E-state index contributed by atoms with van der Waals surface area (Å²) in [5.41, 5.74) is 15.6. The predicted molar refractivity (Wildman–Crippen MR) is 290 cm³/mol. The van der Waals surface area contributed by atoms with Crippen LogP contribution in [0.1, 0.15) is 0 Å². The SMILES string of the molecule is c1ccc(-c2ccc(-c3cccc4c3ccc3ccccc34)cc2N(c2ccc(-c3cccc4c3oc3ccccc34)cc2)c2ccccc2-c2cccc3oc4c5ccccc5ccc4c23)cc1. The van der Waals surface area contributed by atoms with Crippen LogP contribution in [0.25, 0.3) is 121 Å². The van der Waals surface area contributed by atoms with E-state index >= 15 is 0 Å². The summed E-state index contributed by atoms with van der Waals surface area (Å²) in [6.45, 7) is 0. The zero-order chi connectivity index (χ0) is 45.4.